The average molecular weight is 380 g/mol. The summed E-state index contributed by atoms with van der Waals surface area (Å²) in [4.78, 5) is 22.2. The van der Waals surface area contributed by atoms with Gasteiger partial charge in [0.15, 0.2) is 18.9 Å². The molecule has 0 unspecified atom stereocenters. The molecule has 0 spiro atoms. The number of hydrogen-bond acceptors (Lipinski definition) is 3. The number of nitrogens with one attached hydrogen (secondary N) is 1. The molecule has 1 aromatic carbocycles. The number of amides is 1. The molecule has 0 aliphatic carbocycles. The first-order valence-corrected chi connectivity index (χ1v) is 6.96. The first-order valence-electron chi connectivity index (χ1n) is 6.96. The van der Waals surface area contributed by atoms with Crippen molar-refractivity contribution < 1.29 is 31.3 Å². The summed E-state index contributed by atoms with van der Waals surface area (Å²) in [5.74, 6) is -0.124. The highest BCUT2D eigenvalue weighted by Gasteiger charge is 2.12. The van der Waals surface area contributed by atoms with Gasteiger partial charge in [-0.2, -0.15) is 0 Å². The van der Waals surface area contributed by atoms with Gasteiger partial charge in [-0.25, -0.2) is 4.57 Å². The maximum Gasteiger partial charge on any atom is 0.272 e. The molecule has 0 bridgehead atoms. The molecule has 1 heterocycles. The van der Waals surface area contributed by atoms with E-state index in [1.54, 1.807) is 19.1 Å². The van der Waals surface area contributed by atoms with E-state index in [2.05, 4.69) is 5.32 Å². The van der Waals surface area contributed by atoms with Crippen LogP contribution >= 0.6 is 0 Å². The molecule has 0 atom stereocenters. The van der Waals surface area contributed by atoms with E-state index < -0.39 is 4.92 Å². The Kier molecular flexibility index (Phi) is 6.84. The lowest BCUT2D eigenvalue weighted by molar-refractivity contribution is -0.695. The van der Waals surface area contributed by atoms with Gasteiger partial charge in [-0.1, -0.05) is 0 Å². The van der Waals surface area contributed by atoms with E-state index in [-0.39, 0.29) is 28.6 Å². The number of carbonyl (C=O) groups excluding carboxylic acids is 1. The van der Waals surface area contributed by atoms with Crippen molar-refractivity contribution >= 4 is 17.3 Å². The number of nitro groups is 1. The lowest BCUT2D eigenvalue weighted by Crippen LogP contribution is -3.00. The minimum Gasteiger partial charge on any atom is -1.00 e. The molecule has 2 rings (SSSR count). The standard InChI is InChI=1S/C16H17N3O3.BrH/c1-12-5-8-18(9-6-12)10-7-16(20)17-14-3-4-15(19(21)22)13(2)11-14;/h3-6,8-9,11H,7,10H2,1-2H3;1H. The van der Waals surface area contributed by atoms with E-state index >= 15 is 0 Å². The van der Waals surface area contributed by atoms with Gasteiger partial charge in [-0.3, -0.25) is 14.9 Å². The molecule has 7 heteroatoms. The zero-order valence-electron chi connectivity index (χ0n) is 13.0. The molecule has 0 fully saturated rings. The number of nitro benzene ring substituents is 1. The van der Waals surface area contributed by atoms with E-state index in [0.29, 0.717) is 24.2 Å². The van der Waals surface area contributed by atoms with Gasteiger partial charge < -0.3 is 22.3 Å². The summed E-state index contributed by atoms with van der Waals surface area (Å²) in [6.45, 7) is 4.24. The number of halogens is 1. The molecule has 1 N–H and O–H groups in total. The van der Waals surface area contributed by atoms with Crippen LogP contribution in [0.5, 0.6) is 0 Å². The summed E-state index contributed by atoms with van der Waals surface area (Å²) in [5.41, 5.74) is 2.31. The predicted octanol–water partition coefficient (Wildman–Crippen LogP) is -0.468. The van der Waals surface area contributed by atoms with Crippen molar-refractivity contribution in [1.29, 1.82) is 0 Å². The fraction of sp³-hybridized carbons (Fsp3) is 0.250. The molecule has 2 aromatic rings. The van der Waals surface area contributed by atoms with Crippen LogP contribution in [0.15, 0.2) is 42.7 Å². The van der Waals surface area contributed by atoms with E-state index in [9.17, 15) is 14.9 Å². The van der Waals surface area contributed by atoms with Gasteiger partial charge >= 0.3 is 0 Å². The zero-order chi connectivity index (χ0) is 16.1. The average Bonchev–Trinajstić information content (AvgIpc) is 2.46. The van der Waals surface area contributed by atoms with Gasteiger partial charge in [-0.05, 0) is 31.5 Å². The maximum absolute atomic E-state index is 11.9. The summed E-state index contributed by atoms with van der Waals surface area (Å²) in [6, 6.07) is 8.52. The molecule has 23 heavy (non-hydrogen) atoms. The minimum atomic E-state index is -0.436. The Hall–Kier alpha value is -2.28. The highest BCUT2D eigenvalue weighted by Crippen LogP contribution is 2.21. The fourth-order valence-corrected chi connectivity index (χ4v) is 2.07. The first kappa shape index (κ1) is 18.8. The summed E-state index contributed by atoms with van der Waals surface area (Å²) in [5, 5.41) is 13.5. The van der Waals surface area contributed by atoms with Gasteiger partial charge in [-0.15, -0.1) is 0 Å². The SMILES string of the molecule is Cc1cc[n+](CCC(=O)Nc2ccc([N+](=O)[O-])c(C)c2)cc1.[Br-]. The topological polar surface area (TPSA) is 76.1 Å². The van der Waals surface area contributed by atoms with Crippen molar-refractivity contribution in [3.05, 3.63) is 64.0 Å². The Morgan fingerprint density at radius 2 is 1.87 bits per heavy atom. The molecule has 1 aromatic heterocycles. The number of anilines is 1. The van der Waals surface area contributed by atoms with Crippen molar-refractivity contribution in [2.45, 2.75) is 26.8 Å². The smallest absolute Gasteiger partial charge is 0.272 e. The Balaban J connectivity index is 0.00000264. The summed E-state index contributed by atoms with van der Waals surface area (Å²) < 4.78 is 1.94. The molecule has 122 valence electrons. The monoisotopic (exact) mass is 379 g/mol. The Morgan fingerprint density at radius 1 is 1.22 bits per heavy atom. The molecule has 0 radical (unpaired) electrons. The van der Waals surface area contributed by atoms with Crippen molar-refractivity contribution in [1.82, 2.24) is 0 Å². The number of rotatable bonds is 5. The number of hydrogen-bond donors (Lipinski definition) is 1. The molecule has 0 saturated heterocycles. The second-order valence-electron chi connectivity index (χ2n) is 5.17. The third kappa shape index (κ3) is 5.45. The number of nitrogens with zero attached hydrogens (tertiary/aromatic N) is 2. The normalized spacial score (nSPS) is 9.83. The van der Waals surface area contributed by atoms with Gasteiger partial charge in [0.1, 0.15) is 0 Å². The number of benzene rings is 1. The molecular formula is C16H18BrN3O3. The minimum absolute atomic E-state index is 0. The van der Waals surface area contributed by atoms with Crippen LogP contribution in [0.1, 0.15) is 17.5 Å². The van der Waals surface area contributed by atoms with Crippen molar-refractivity contribution in [3.8, 4) is 0 Å². The Labute approximate surface area is 145 Å². The summed E-state index contributed by atoms with van der Waals surface area (Å²) in [7, 11) is 0. The van der Waals surface area contributed by atoms with Crippen LogP contribution in [0.25, 0.3) is 0 Å². The molecule has 6 nitrogen and oxygen atoms in total. The lowest BCUT2D eigenvalue weighted by Gasteiger charge is -2.05. The largest absolute Gasteiger partial charge is 1.00 e. The molecule has 0 aliphatic rings. The van der Waals surface area contributed by atoms with E-state index in [1.807, 2.05) is 36.0 Å². The number of aryl methyl sites for hydroxylation is 3. The van der Waals surface area contributed by atoms with Crippen LogP contribution < -0.4 is 26.9 Å². The molecular weight excluding hydrogens is 362 g/mol. The third-order valence-electron chi connectivity index (χ3n) is 3.33. The fourth-order valence-electron chi connectivity index (χ4n) is 2.07. The van der Waals surface area contributed by atoms with Crippen molar-refractivity contribution in [3.63, 3.8) is 0 Å². The first-order chi connectivity index (χ1) is 10.5. The van der Waals surface area contributed by atoms with Crippen LogP contribution in [0, 0.1) is 24.0 Å². The molecule has 0 aliphatic heterocycles. The quantitative estimate of drug-likeness (QED) is 0.433. The van der Waals surface area contributed by atoms with Gasteiger partial charge in [0.25, 0.3) is 5.69 Å². The van der Waals surface area contributed by atoms with E-state index in [1.165, 1.54) is 11.6 Å². The molecule has 0 saturated carbocycles. The van der Waals surface area contributed by atoms with Gasteiger partial charge in [0.05, 0.1) is 11.3 Å². The summed E-state index contributed by atoms with van der Waals surface area (Å²) in [6.07, 6.45) is 4.20. The number of aromatic nitrogens is 1. The van der Waals surface area contributed by atoms with Crippen LogP contribution in [0.3, 0.4) is 0 Å². The second-order valence-corrected chi connectivity index (χ2v) is 5.17. The maximum atomic E-state index is 11.9. The van der Waals surface area contributed by atoms with Crippen molar-refractivity contribution in [2.24, 2.45) is 0 Å². The second kappa shape index (κ2) is 8.38. The Morgan fingerprint density at radius 3 is 2.43 bits per heavy atom. The van der Waals surface area contributed by atoms with Crippen molar-refractivity contribution in [2.75, 3.05) is 5.32 Å². The number of carbonyl (C=O) groups is 1. The van der Waals surface area contributed by atoms with Crippen LogP contribution in [0.4, 0.5) is 11.4 Å². The summed E-state index contributed by atoms with van der Waals surface area (Å²) >= 11 is 0. The highest BCUT2D eigenvalue weighted by molar-refractivity contribution is 5.90. The highest BCUT2D eigenvalue weighted by atomic mass is 79.9. The number of pyridine rings is 1. The van der Waals surface area contributed by atoms with Crippen LogP contribution in [-0.2, 0) is 11.3 Å². The van der Waals surface area contributed by atoms with Gasteiger partial charge in [0, 0.05) is 29.4 Å². The van der Waals surface area contributed by atoms with E-state index in [0.717, 1.165) is 0 Å². The third-order valence-corrected chi connectivity index (χ3v) is 3.33. The van der Waals surface area contributed by atoms with Crippen LogP contribution in [0.2, 0.25) is 0 Å². The van der Waals surface area contributed by atoms with Crippen LogP contribution in [-0.4, -0.2) is 10.8 Å². The lowest BCUT2D eigenvalue weighted by atomic mass is 10.2. The zero-order valence-corrected chi connectivity index (χ0v) is 14.5. The predicted molar refractivity (Wildman–Crippen MR) is 82.5 cm³/mol. The molecule has 1 amide bonds. The van der Waals surface area contributed by atoms with Gasteiger partial charge in [0.2, 0.25) is 5.91 Å². The van der Waals surface area contributed by atoms with E-state index in [4.69, 9.17) is 0 Å². The Bertz CT molecular complexity index is 702.